The number of rotatable bonds is 1. The summed E-state index contributed by atoms with van der Waals surface area (Å²) in [5.74, 6) is 0. The number of piperidine rings is 1. The van der Waals surface area contributed by atoms with Crippen LogP contribution in [-0.4, -0.2) is 58.0 Å². The highest BCUT2D eigenvalue weighted by Gasteiger charge is 2.56. The predicted molar refractivity (Wildman–Crippen MR) is 83.5 cm³/mol. The van der Waals surface area contributed by atoms with Crippen molar-refractivity contribution in [3.63, 3.8) is 0 Å². The van der Waals surface area contributed by atoms with Gasteiger partial charge in [-0.05, 0) is 52.9 Å². The molecule has 6 heteroatoms. The van der Waals surface area contributed by atoms with Gasteiger partial charge >= 0.3 is 6.09 Å². The topological polar surface area (TPSA) is 87.8 Å². The number of nitrogens with two attached hydrogens (primary N) is 1. The van der Waals surface area contributed by atoms with Crippen molar-refractivity contribution >= 4 is 6.09 Å². The maximum absolute atomic E-state index is 12.2. The van der Waals surface area contributed by atoms with Crippen LogP contribution in [0.1, 0.15) is 52.9 Å². The molecule has 3 aliphatic heterocycles. The van der Waals surface area contributed by atoms with E-state index in [9.17, 15) is 9.90 Å². The summed E-state index contributed by atoms with van der Waals surface area (Å²) in [6, 6.07) is 0.722. The summed E-state index contributed by atoms with van der Waals surface area (Å²) in [5, 5.41) is 14.7. The third kappa shape index (κ3) is 2.84. The average molecular weight is 311 g/mol. The highest BCUT2D eigenvalue weighted by molar-refractivity contribution is 5.68. The quantitative estimate of drug-likeness (QED) is 0.671. The predicted octanol–water partition coefficient (Wildman–Crippen LogP) is 0.970. The van der Waals surface area contributed by atoms with Gasteiger partial charge in [-0.2, -0.15) is 0 Å². The van der Waals surface area contributed by atoms with Crippen molar-refractivity contribution in [2.24, 2.45) is 5.73 Å². The first-order valence-corrected chi connectivity index (χ1v) is 8.36. The number of aliphatic hydroxyl groups is 1. The Bertz CT molecular complexity index is 450. The van der Waals surface area contributed by atoms with Gasteiger partial charge in [-0.1, -0.05) is 0 Å². The lowest BCUT2D eigenvalue weighted by Crippen LogP contribution is -2.67. The number of hydrogen-bond acceptors (Lipinski definition) is 5. The first-order valence-electron chi connectivity index (χ1n) is 8.36. The Balaban J connectivity index is 1.69. The van der Waals surface area contributed by atoms with Crippen molar-refractivity contribution in [3.8, 4) is 0 Å². The Morgan fingerprint density at radius 2 is 1.91 bits per heavy atom. The third-order valence-corrected chi connectivity index (χ3v) is 5.38. The van der Waals surface area contributed by atoms with Crippen molar-refractivity contribution in [3.05, 3.63) is 0 Å². The molecule has 2 bridgehead atoms. The highest BCUT2D eigenvalue weighted by Crippen LogP contribution is 2.43. The molecule has 3 heterocycles. The fourth-order valence-electron chi connectivity index (χ4n) is 4.22. The number of nitrogens with zero attached hydrogens (tertiary/aromatic N) is 1. The second-order valence-electron chi connectivity index (χ2n) is 8.39. The summed E-state index contributed by atoms with van der Waals surface area (Å²) in [7, 11) is 0. The molecule has 126 valence electrons. The standard InChI is InChI=1S/C16H29N3O3/c1-14(2,3)22-13(20)19-7-6-15(17,10-19)16(21)8-11-4-5-12(9-16)18-11/h11-12,18,21H,4-10,17H2,1-3H3. The van der Waals surface area contributed by atoms with E-state index in [4.69, 9.17) is 10.5 Å². The van der Waals surface area contributed by atoms with Gasteiger partial charge in [0, 0.05) is 25.2 Å². The van der Waals surface area contributed by atoms with Crippen LogP contribution in [0.2, 0.25) is 0 Å². The Morgan fingerprint density at radius 1 is 1.32 bits per heavy atom. The van der Waals surface area contributed by atoms with E-state index in [-0.39, 0.29) is 6.09 Å². The van der Waals surface area contributed by atoms with E-state index in [1.165, 1.54) is 0 Å². The van der Waals surface area contributed by atoms with Crippen molar-refractivity contribution < 1.29 is 14.6 Å². The number of carbonyl (C=O) groups excluding carboxylic acids is 1. The Hall–Kier alpha value is -0.850. The summed E-state index contributed by atoms with van der Waals surface area (Å²) < 4.78 is 5.43. The number of fused-ring (bicyclic) bond motifs is 2. The smallest absolute Gasteiger partial charge is 0.410 e. The van der Waals surface area contributed by atoms with E-state index in [0.717, 1.165) is 12.8 Å². The van der Waals surface area contributed by atoms with Gasteiger partial charge in [0.2, 0.25) is 0 Å². The second-order valence-corrected chi connectivity index (χ2v) is 8.39. The molecule has 3 aliphatic rings. The minimum atomic E-state index is -0.888. The maximum Gasteiger partial charge on any atom is 0.410 e. The number of likely N-dealkylation sites (tertiary alicyclic amines) is 1. The zero-order valence-electron chi connectivity index (χ0n) is 13.9. The number of ether oxygens (including phenoxy) is 1. The molecule has 3 fully saturated rings. The molecule has 0 radical (unpaired) electrons. The van der Waals surface area contributed by atoms with Crippen LogP contribution in [0.3, 0.4) is 0 Å². The lowest BCUT2D eigenvalue weighted by Gasteiger charge is -2.47. The molecule has 4 N–H and O–H groups in total. The summed E-state index contributed by atoms with van der Waals surface area (Å²) in [4.78, 5) is 13.9. The van der Waals surface area contributed by atoms with Crippen molar-refractivity contribution in [2.45, 2.75) is 81.7 Å². The Morgan fingerprint density at radius 3 is 2.45 bits per heavy atom. The largest absolute Gasteiger partial charge is 0.444 e. The van der Waals surface area contributed by atoms with E-state index < -0.39 is 16.7 Å². The minimum absolute atomic E-state index is 0.333. The van der Waals surface area contributed by atoms with E-state index in [1.807, 2.05) is 20.8 Å². The van der Waals surface area contributed by atoms with Crippen molar-refractivity contribution in [1.82, 2.24) is 10.2 Å². The lowest BCUT2D eigenvalue weighted by atomic mass is 9.71. The lowest BCUT2D eigenvalue weighted by molar-refractivity contribution is -0.0686. The second kappa shape index (κ2) is 5.08. The third-order valence-electron chi connectivity index (χ3n) is 5.38. The van der Waals surface area contributed by atoms with Crippen LogP contribution in [-0.2, 0) is 4.74 Å². The van der Waals surface area contributed by atoms with E-state index in [0.29, 0.717) is 44.4 Å². The van der Waals surface area contributed by atoms with Gasteiger partial charge in [0.05, 0.1) is 11.1 Å². The molecule has 0 aromatic carbocycles. The van der Waals surface area contributed by atoms with E-state index in [2.05, 4.69) is 5.32 Å². The zero-order valence-corrected chi connectivity index (χ0v) is 13.9. The normalized spacial score (nSPS) is 41.8. The van der Waals surface area contributed by atoms with Crippen molar-refractivity contribution in [2.75, 3.05) is 13.1 Å². The molecule has 0 saturated carbocycles. The van der Waals surface area contributed by atoms with E-state index in [1.54, 1.807) is 4.90 Å². The fraction of sp³-hybridized carbons (Fsp3) is 0.938. The molecule has 3 atom stereocenters. The van der Waals surface area contributed by atoms with Gasteiger partial charge in [0.15, 0.2) is 0 Å². The van der Waals surface area contributed by atoms with Crippen LogP contribution < -0.4 is 11.1 Å². The SMILES string of the molecule is CC(C)(C)OC(=O)N1CCC(N)(C2(O)CC3CCC(C2)N3)C1. The van der Waals surface area contributed by atoms with Gasteiger partial charge in [-0.3, -0.25) is 0 Å². The molecule has 22 heavy (non-hydrogen) atoms. The number of nitrogens with one attached hydrogen (secondary N) is 1. The van der Waals surface area contributed by atoms with Gasteiger partial charge < -0.3 is 25.8 Å². The Kier molecular flexibility index (Phi) is 3.70. The molecular weight excluding hydrogens is 282 g/mol. The summed E-state index contributed by atoms with van der Waals surface area (Å²) in [6.07, 6.45) is 3.88. The molecule has 0 aromatic rings. The minimum Gasteiger partial charge on any atom is -0.444 e. The number of amides is 1. The molecule has 3 rings (SSSR count). The molecule has 3 saturated heterocycles. The maximum atomic E-state index is 12.2. The van der Waals surface area contributed by atoms with Crippen LogP contribution in [0.4, 0.5) is 4.79 Å². The van der Waals surface area contributed by atoms with Gasteiger partial charge in [-0.25, -0.2) is 4.79 Å². The van der Waals surface area contributed by atoms with Crippen LogP contribution in [0.5, 0.6) is 0 Å². The number of carbonyl (C=O) groups is 1. The zero-order chi connectivity index (χ0) is 16.2. The van der Waals surface area contributed by atoms with Crippen molar-refractivity contribution in [1.29, 1.82) is 0 Å². The summed E-state index contributed by atoms with van der Waals surface area (Å²) >= 11 is 0. The van der Waals surface area contributed by atoms with Gasteiger partial charge in [0.25, 0.3) is 0 Å². The highest BCUT2D eigenvalue weighted by atomic mass is 16.6. The van der Waals surface area contributed by atoms with Crippen LogP contribution in [0, 0.1) is 0 Å². The molecule has 3 unspecified atom stereocenters. The molecule has 6 nitrogen and oxygen atoms in total. The molecule has 1 amide bonds. The first kappa shape index (κ1) is 16.0. The molecule has 0 aliphatic carbocycles. The average Bonchev–Trinajstić information content (AvgIpc) is 2.92. The summed E-state index contributed by atoms with van der Waals surface area (Å²) in [5.41, 5.74) is 4.46. The molecule has 0 aromatic heterocycles. The first-order chi connectivity index (χ1) is 10.1. The van der Waals surface area contributed by atoms with E-state index >= 15 is 0 Å². The number of hydrogen-bond donors (Lipinski definition) is 3. The fourth-order valence-corrected chi connectivity index (χ4v) is 4.22. The van der Waals surface area contributed by atoms with Crippen LogP contribution >= 0.6 is 0 Å². The monoisotopic (exact) mass is 311 g/mol. The van der Waals surface area contributed by atoms with Gasteiger partial charge in [0.1, 0.15) is 5.60 Å². The Labute approximate surface area is 132 Å². The van der Waals surface area contributed by atoms with Crippen LogP contribution in [0.15, 0.2) is 0 Å². The van der Waals surface area contributed by atoms with Crippen LogP contribution in [0.25, 0.3) is 0 Å². The summed E-state index contributed by atoms with van der Waals surface area (Å²) in [6.45, 7) is 6.49. The molecular formula is C16H29N3O3. The molecule has 0 spiro atoms. The van der Waals surface area contributed by atoms with Gasteiger partial charge in [-0.15, -0.1) is 0 Å².